The number of rotatable bonds is 7. The van der Waals surface area contributed by atoms with Gasteiger partial charge in [0.2, 0.25) is 0 Å². The van der Waals surface area contributed by atoms with Crippen molar-refractivity contribution in [3.8, 4) is 0 Å². The van der Waals surface area contributed by atoms with Crippen LogP contribution in [0.25, 0.3) is 0 Å². The van der Waals surface area contributed by atoms with Crippen LogP contribution in [0.1, 0.15) is 60.1 Å². The van der Waals surface area contributed by atoms with Gasteiger partial charge in [-0.1, -0.05) is 33.8 Å². The molecule has 4 nitrogen and oxygen atoms in total. The third kappa shape index (κ3) is 6.68. The van der Waals surface area contributed by atoms with Gasteiger partial charge in [-0.15, -0.1) is 4.72 Å². The Labute approximate surface area is 158 Å². The van der Waals surface area contributed by atoms with E-state index < -0.39 is 19.7 Å². The Kier molecular flexibility index (Phi) is 7.72. The Morgan fingerprint density at radius 1 is 1.20 bits per heavy atom. The molecule has 0 aliphatic carbocycles. The summed E-state index contributed by atoms with van der Waals surface area (Å²) in [5, 5.41) is 0.148. The summed E-state index contributed by atoms with van der Waals surface area (Å²) in [6.07, 6.45) is 1.80. The summed E-state index contributed by atoms with van der Waals surface area (Å²) in [6.45, 7) is 19.8. The zero-order valence-electron chi connectivity index (χ0n) is 17.3. The van der Waals surface area contributed by atoms with Crippen LogP contribution in [0.3, 0.4) is 0 Å². The van der Waals surface area contributed by atoms with Gasteiger partial charge in [-0.2, -0.15) is 0 Å². The van der Waals surface area contributed by atoms with E-state index in [1.54, 1.807) is 6.20 Å². The molecule has 3 atom stereocenters. The average Bonchev–Trinajstić information content (AvgIpc) is 2.49. The van der Waals surface area contributed by atoms with Crippen LogP contribution < -0.4 is 4.72 Å². The number of hydrogen-bond donors (Lipinski definition) is 1. The average molecular weight is 385 g/mol. The first-order chi connectivity index (χ1) is 11.3. The first kappa shape index (κ1) is 22.6. The Bertz CT molecular complexity index is 526. The molecule has 1 aromatic rings. The van der Waals surface area contributed by atoms with Gasteiger partial charge in [0, 0.05) is 29.2 Å². The zero-order valence-corrected chi connectivity index (χ0v) is 19.2. The Morgan fingerprint density at radius 3 is 2.24 bits per heavy atom. The monoisotopic (exact) mass is 384 g/mol. The predicted molar refractivity (Wildman–Crippen MR) is 111 cm³/mol. The predicted octanol–water partition coefficient (Wildman–Crippen LogP) is 4.63. The van der Waals surface area contributed by atoms with Crippen LogP contribution in [0.15, 0.2) is 24.4 Å². The molecule has 144 valence electrons. The van der Waals surface area contributed by atoms with Gasteiger partial charge >= 0.3 is 0 Å². The molecule has 25 heavy (non-hydrogen) atoms. The molecule has 0 aliphatic rings. The SMILES string of the molecule is CC(c1ccccn1)[C@H](CO[Si](C)(C)C(C)(C)C)N[S+]([O-])C(C)(C)C. The van der Waals surface area contributed by atoms with E-state index in [1.165, 1.54) is 0 Å². The van der Waals surface area contributed by atoms with E-state index in [-0.39, 0.29) is 21.7 Å². The number of nitrogens with one attached hydrogen (secondary N) is 1. The van der Waals surface area contributed by atoms with Gasteiger partial charge < -0.3 is 8.98 Å². The topological polar surface area (TPSA) is 57.2 Å². The van der Waals surface area contributed by atoms with Gasteiger partial charge in [0.15, 0.2) is 8.32 Å². The van der Waals surface area contributed by atoms with Gasteiger partial charge in [0.1, 0.15) is 4.75 Å². The van der Waals surface area contributed by atoms with Crippen LogP contribution in [0.5, 0.6) is 0 Å². The van der Waals surface area contributed by atoms with Crippen molar-refractivity contribution in [2.45, 2.75) is 83.3 Å². The van der Waals surface area contributed by atoms with E-state index in [0.717, 1.165) is 5.69 Å². The molecule has 1 aromatic heterocycles. The molecule has 0 saturated carbocycles. The Morgan fingerprint density at radius 2 is 1.80 bits per heavy atom. The van der Waals surface area contributed by atoms with Crippen LogP contribution in [-0.2, 0) is 15.8 Å². The summed E-state index contributed by atoms with van der Waals surface area (Å²) in [6, 6.07) is 5.87. The highest BCUT2D eigenvalue weighted by atomic mass is 32.2. The van der Waals surface area contributed by atoms with Crippen molar-refractivity contribution in [2.75, 3.05) is 6.61 Å². The molecule has 0 aliphatic heterocycles. The molecular weight excluding hydrogens is 348 g/mol. The van der Waals surface area contributed by atoms with Crippen molar-refractivity contribution in [2.24, 2.45) is 0 Å². The van der Waals surface area contributed by atoms with Gasteiger partial charge in [0.25, 0.3) is 0 Å². The molecule has 0 radical (unpaired) electrons. The largest absolute Gasteiger partial charge is 0.598 e. The minimum atomic E-state index is -1.87. The van der Waals surface area contributed by atoms with Crippen LogP contribution >= 0.6 is 0 Å². The summed E-state index contributed by atoms with van der Waals surface area (Å²) in [4.78, 5) is 4.48. The van der Waals surface area contributed by atoms with Crippen molar-refractivity contribution < 1.29 is 8.98 Å². The second-order valence-electron chi connectivity index (χ2n) is 9.22. The first-order valence-corrected chi connectivity index (χ1v) is 13.0. The van der Waals surface area contributed by atoms with E-state index in [9.17, 15) is 4.55 Å². The maximum atomic E-state index is 12.7. The second kappa shape index (κ2) is 8.52. The van der Waals surface area contributed by atoms with Gasteiger partial charge in [0.05, 0.1) is 12.6 Å². The molecule has 0 amide bonds. The minimum absolute atomic E-state index is 0.0518. The highest BCUT2D eigenvalue weighted by Gasteiger charge is 2.39. The molecule has 1 rings (SSSR count). The van der Waals surface area contributed by atoms with Gasteiger partial charge in [-0.05, 0) is 51.0 Å². The molecule has 0 bridgehead atoms. The summed E-state index contributed by atoms with van der Waals surface area (Å²) in [5.41, 5.74) is 0.991. The van der Waals surface area contributed by atoms with E-state index in [1.807, 2.05) is 39.0 Å². The van der Waals surface area contributed by atoms with Crippen LogP contribution in [0.4, 0.5) is 0 Å². The molecule has 0 spiro atoms. The van der Waals surface area contributed by atoms with E-state index in [4.69, 9.17) is 4.43 Å². The third-order valence-corrected chi connectivity index (χ3v) is 11.1. The lowest BCUT2D eigenvalue weighted by Gasteiger charge is -2.38. The summed E-state index contributed by atoms with van der Waals surface area (Å²) >= 11 is -1.15. The number of aromatic nitrogens is 1. The summed E-state index contributed by atoms with van der Waals surface area (Å²) < 4.78 is 22.1. The molecule has 1 N–H and O–H groups in total. The number of pyridine rings is 1. The molecular formula is C19H36N2O2SSi. The zero-order chi connectivity index (χ0) is 19.5. The normalized spacial score (nSPS) is 17.2. The first-order valence-electron chi connectivity index (χ1n) is 8.98. The van der Waals surface area contributed by atoms with Crippen molar-refractivity contribution in [1.82, 2.24) is 9.71 Å². The highest BCUT2D eigenvalue weighted by Crippen LogP contribution is 2.37. The fourth-order valence-corrected chi connectivity index (χ4v) is 3.89. The smallest absolute Gasteiger partial charge is 0.192 e. The standard InChI is InChI=1S/C19H36N2O2SSi/c1-15(16-12-10-11-13-20-16)17(21-24(22)18(2,3)4)14-23-25(8,9)19(5,6)7/h10-13,15,17,21H,14H2,1-9H3/t15?,17-,24?/m0/s1. The molecule has 2 unspecified atom stereocenters. The molecule has 0 aromatic carbocycles. The van der Waals surface area contributed by atoms with Crippen molar-refractivity contribution in [1.29, 1.82) is 0 Å². The molecule has 6 heteroatoms. The quantitative estimate of drug-likeness (QED) is 0.550. The van der Waals surface area contributed by atoms with Crippen LogP contribution in [-0.4, -0.2) is 35.2 Å². The second-order valence-corrected chi connectivity index (χ2v) is 16.0. The van der Waals surface area contributed by atoms with Crippen LogP contribution in [0.2, 0.25) is 18.1 Å². The minimum Gasteiger partial charge on any atom is -0.598 e. The highest BCUT2D eigenvalue weighted by molar-refractivity contribution is 7.90. The Hall–Kier alpha value is -0.403. The maximum Gasteiger partial charge on any atom is 0.192 e. The fraction of sp³-hybridized carbons (Fsp3) is 0.737. The molecule has 1 heterocycles. The maximum absolute atomic E-state index is 12.7. The Balaban J connectivity index is 2.95. The third-order valence-electron chi connectivity index (χ3n) is 5.00. The lowest BCUT2D eigenvalue weighted by molar-refractivity contribution is 0.240. The van der Waals surface area contributed by atoms with Gasteiger partial charge in [-0.3, -0.25) is 4.98 Å². The lowest BCUT2D eigenvalue weighted by atomic mass is 9.99. The molecule has 0 fully saturated rings. The van der Waals surface area contributed by atoms with Gasteiger partial charge in [-0.25, -0.2) is 0 Å². The molecule has 0 saturated heterocycles. The van der Waals surface area contributed by atoms with Crippen molar-refractivity contribution in [3.63, 3.8) is 0 Å². The van der Waals surface area contributed by atoms with E-state index >= 15 is 0 Å². The van der Waals surface area contributed by atoms with Crippen LogP contribution in [0, 0.1) is 0 Å². The van der Waals surface area contributed by atoms with E-state index in [2.05, 4.69) is 50.5 Å². The number of hydrogen-bond acceptors (Lipinski definition) is 4. The van der Waals surface area contributed by atoms with Crippen molar-refractivity contribution >= 4 is 19.7 Å². The fourth-order valence-electron chi connectivity index (χ4n) is 1.96. The lowest BCUT2D eigenvalue weighted by Crippen LogP contribution is -2.51. The summed E-state index contributed by atoms with van der Waals surface area (Å²) in [5.74, 6) is 0.109. The van der Waals surface area contributed by atoms with E-state index in [0.29, 0.717) is 6.61 Å². The number of nitrogens with zero attached hydrogens (tertiary/aromatic N) is 1. The van der Waals surface area contributed by atoms with Crippen molar-refractivity contribution in [3.05, 3.63) is 30.1 Å². The summed E-state index contributed by atoms with van der Waals surface area (Å²) in [7, 11) is -1.87.